The number of carbonyl (C=O) groups is 2. The number of benzene rings is 2. The number of hydrogen-bond donors (Lipinski definition) is 3. The Morgan fingerprint density at radius 2 is 1.71 bits per heavy atom. The molecule has 2 amide bonds. The summed E-state index contributed by atoms with van der Waals surface area (Å²) in [5.41, 5.74) is 2.86. The van der Waals surface area contributed by atoms with Crippen molar-refractivity contribution in [3.05, 3.63) is 90.4 Å². The predicted molar refractivity (Wildman–Crippen MR) is 120 cm³/mol. The van der Waals surface area contributed by atoms with E-state index in [1.165, 1.54) is 0 Å². The number of hydrogen-bond acceptors (Lipinski definition) is 5. The van der Waals surface area contributed by atoms with Gasteiger partial charge in [-0.3, -0.25) is 9.59 Å². The molecule has 3 N–H and O–H groups in total. The largest absolute Gasteiger partial charge is 0.489 e. The van der Waals surface area contributed by atoms with Crippen molar-refractivity contribution in [2.45, 2.75) is 13.5 Å². The van der Waals surface area contributed by atoms with Gasteiger partial charge in [-0.2, -0.15) is 0 Å². The van der Waals surface area contributed by atoms with Crippen LogP contribution in [0.15, 0.2) is 83.5 Å². The summed E-state index contributed by atoms with van der Waals surface area (Å²) in [5.74, 6) is 1.01. The topological polar surface area (TPSA) is 92.6 Å². The molecule has 0 radical (unpaired) electrons. The van der Waals surface area contributed by atoms with Crippen molar-refractivity contribution >= 4 is 23.2 Å². The van der Waals surface area contributed by atoms with Crippen LogP contribution in [0.3, 0.4) is 0 Å². The van der Waals surface area contributed by atoms with Gasteiger partial charge < -0.3 is 25.1 Å². The van der Waals surface area contributed by atoms with Crippen molar-refractivity contribution < 1.29 is 18.7 Å². The van der Waals surface area contributed by atoms with E-state index in [1.807, 2.05) is 31.2 Å². The summed E-state index contributed by atoms with van der Waals surface area (Å²) in [4.78, 5) is 24.4. The second kappa shape index (κ2) is 10.7. The van der Waals surface area contributed by atoms with E-state index in [-0.39, 0.29) is 18.4 Å². The number of amides is 2. The predicted octanol–water partition coefficient (Wildman–Crippen LogP) is 4.22. The zero-order valence-electron chi connectivity index (χ0n) is 17.3. The Morgan fingerprint density at radius 3 is 2.35 bits per heavy atom. The highest BCUT2D eigenvalue weighted by atomic mass is 16.5. The molecule has 0 saturated carbocycles. The normalized spacial score (nSPS) is 10.2. The molecule has 0 bridgehead atoms. The lowest BCUT2D eigenvalue weighted by atomic mass is 10.2. The highest BCUT2D eigenvalue weighted by Gasteiger charge is 2.08. The van der Waals surface area contributed by atoms with Crippen molar-refractivity contribution in [2.75, 3.05) is 23.8 Å². The number of carbonyl (C=O) groups excluding carboxylic acids is 2. The molecule has 1 heterocycles. The van der Waals surface area contributed by atoms with E-state index < -0.39 is 0 Å². The van der Waals surface area contributed by atoms with Crippen LogP contribution in [0.25, 0.3) is 0 Å². The summed E-state index contributed by atoms with van der Waals surface area (Å²) < 4.78 is 10.7. The fourth-order valence-corrected chi connectivity index (χ4v) is 2.65. The first-order valence-corrected chi connectivity index (χ1v) is 9.81. The molecule has 1 aromatic heterocycles. The quantitative estimate of drug-likeness (QED) is 0.428. The number of furan rings is 1. The maximum absolute atomic E-state index is 12.2. The van der Waals surface area contributed by atoms with Gasteiger partial charge in [-0.25, -0.2) is 0 Å². The van der Waals surface area contributed by atoms with Crippen LogP contribution in [-0.2, 0) is 11.3 Å². The molecule has 0 spiro atoms. The van der Waals surface area contributed by atoms with Gasteiger partial charge in [-0.15, -0.1) is 0 Å². The summed E-state index contributed by atoms with van der Waals surface area (Å²) in [6.45, 7) is 6.60. The van der Waals surface area contributed by atoms with E-state index in [0.717, 1.165) is 17.0 Å². The third-order valence-electron chi connectivity index (χ3n) is 4.23. The van der Waals surface area contributed by atoms with Crippen molar-refractivity contribution in [3.8, 4) is 5.75 Å². The highest BCUT2D eigenvalue weighted by Crippen LogP contribution is 2.16. The molecule has 3 aromatic rings. The fraction of sp³-hybridized carbons (Fsp3) is 0.167. The molecule has 2 aromatic carbocycles. The zero-order chi connectivity index (χ0) is 22.1. The molecule has 0 saturated heterocycles. The third kappa shape index (κ3) is 7.08. The minimum atomic E-state index is -0.216. The molecule has 7 nitrogen and oxygen atoms in total. The molecular formula is C24H25N3O4. The van der Waals surface area contributed by atoms with E-state index in [0.29, 0.717) is 30.2 Å². The maximum atomic E-state index is 12.2. The molecule has 0 unspecified atom stereocenters. The van der Waals surface area contributed by atoms with Crippen molar-refractivity contribution in [1.82, 2.24) is 5.32 Å². The summed E-state index contributed by atoms with van der Waals surface area (Å²) >= 11 is 0. The minimum Gasteiger partial charge on any atom is -0.489 e. The Balaban J connectivity index is 1.42. The molecule has 3 rings (SSSR count). The summed E-state index contributed by atoms with van der Waals surface area (Å²) in [6.07, 6.45) is 1.56. The Bertz CT molecular complexity index is 1010. The van der Waals surface area contributed by atoms with E-state index in [4.69, 9.17) is 9.15 Å². The average Bonchev–Trinajstić information content (AvgIpc) is 3.29. The lowest BCUT2D eigenvalue weighted by Crippen LogP contribution is -2.23. The highest BCUT2D eigenvalue weighted by molar-refractivity contribution is 5.96. The number of nitrogens with one attached hydrogen (secondary N) is 3. The molecule has 7 heteroatoms. The lowest BCUT2D eigenvalue weighted by Gasteiger charge is -2.10. The molecular weight excluding hydrogens is 394 g/mol. The summed E-state index contributed by atoms with van der Waals surface area (Å²) in [6, 6.07) is 17.6. The molecule has 0 aliphatic heterocycles. The third-order valence-corrected chi connectivity index (χ3v) is 4.23. The fourth-order valence-electron chi connectivity index (χ4n) is 2.65. The van der Waals surface area contributed by atoms with Crippen molar-refractivity contribution in [2.24, 2.45) is 0 Å². The zero-order valence-corrected chi connectivity index (χ0v) is 17.3. The number of rotatable bonds is 10. The standard InChI is InChI=1S/C24H25N3O4/c1-17(2)16-31-21-11-9-19(10-12-21)25-15-23(28)27-20-7-5-18(6-8-20)24(29)26-14-22-4-3-13-30-22/h3-13,25H,1,14-16H2,2H3,(H,26,29)(H,27,28). The van der Waals surface area contributed by atoms with Crippen molar-refractivity contribution in [1.29, 1.82) is 0 Å². The van der Waals surface area contributed by atoms with Crippen molar-refractivity contribution in [3.63, 3.8) is 0 Å². The maximum Gasteiger partial charge on any atom is 0.251 e. The average molecular weight is 419 g/mol. The van der Waals surface area contributed by atoms with Gasteiger partial charge in [-0.1, -0.05) is 6.58 Å². The van der Waals surface area contributed by atoms with Gasteiger partial charge in [0, 0.05) is 16.9 Å². The van der Waals surface area contributed by atoms with Gasteiger partial charge in [0.05, 0.1) is 19.4 Å². The molecule has 0 aliphatic carbocycles. The Morgan fingerprint density at radius 1 is 1.00 bits per heavy atom. The first-order chi connectivity index (χ1) is 15.0. The van der Waals surface area contributed by atoms with E-state index >= 15 is 0 Å². The summed E-state index contributed by atoms with van der Waals surface area (Å²) in [7, 11) is 0. The molecule has 160 valence electrons. The Hall–Kier alpha value is -4.00. The number of anilines is 2. The second-order valence-corrected chi connectivity index (χ2v) is 7.01. The van der Waals surface area contributed by atoms with Gasteiger partial charge in [0.25, 0.3) is 5.91 Å². The molecule has 0 atom stereocenters. The van der Waals surface area contributed by atoms with Crippen LogP contribution in [0.5, 0.6) is 5.75 Å². The summed E-state index contributed by atoms with van der Waals surface area (Å²) in [5, 5.41) is 8.63. The van der Waals surface area contributed by atoms with E-state index in [2.05, 4.69) is 22.5 Å². The van der Waals surface area contributed by atoms with Crippen LogP contribution < -0.4 is 20.7 Å². The SMILES string of the molecule is C=C(C)COc1ccc(NCC(=O)Nc2ccc(C(=O)NCc3ccco3)cc2)cc1. The van der Waals surface area contributed by atoms with Gasteiger partial charge in [0.1, 0.15) is 18.1 Å². The molecule has 0 aliphatic rings. The van der Waals surface area contributed by atoms with Gasteiger partial charge in [-0.05, 0) is 73.2 Å². The van der Waals surface area contributed by atoms with Gasteiger partial charge in [0.2, 0.25) is 5.91 Å². The first-order valence-electron chi connectivity index (χ1n) is 9.81. The van der Waals surface area contributed by atoms with Crippen LogP contribution in [0.4, 0.5) is 11.4 Å². The Labute approximate surface area is 181 Å². The second-order valence-electron chi connectivity index (χ2n) is 7.01. The first kappa shape index (κ1) is 21.7. The van der Waals surface area contributed by atoms with Crippen LogP contribution in [0, 0.1) is 0 Å². The van der Waals surface area contributed by atoms with Crippen LogP contribution in [0.2, 0.25) is 0 Å². The van der Waals surface area contributed by atoms with Gasteiger partial charge in [0.15, 0.2) is 0 Å². The van der Waals surface area contributed by atoms with E-state index in [1.54, 1.807) is 42.7 Å². The van der Waals surface area contributed by atoms with E-state index in [9.17, 15) is 9.59 Å². The van der Waals surface area contributed by atoms with Gasteiger partial charge >= 0.3 is 0 Å². The Kier molecular flexibility index (Phi) is 7.48. The minimum absolute atomic E-state index is 0.108. The lowest BCUT2D eigenvalue weighted by molar-refractivity contribution is -0.114. The molecule has 31 heavy (non-hydrogen) atoms. The number of ether oxygens (including phenoxy) is 1. The van der Waals surface area contributed by atoms with Crippen LogP contribution in [0.1, 0.15) is 23.0 Å². The molecule has 0 fully saturated rings. The van der Waals surface area contributed by atoms with Crippen LogP contribution in [-0.4, -0.2) is 25.0 Å². The van der Waals surface area contributed by atoms with Crippen LogP contribution >= 0.6 is 0 Å². The monoisotopic (exact) mass is 419 g/mol. The smallest absolute Gasteiger partial charge is 0.251 e.